The normalized spacial score (nSPS) is 36.7. The summed E-state index contributed by atoms with van der Waals surface area (Å²) in [5, 5.41) is 0. The van der Waals surface area contributed by atoms with Crippen molar-refractivity contribution < 1.29 is 18.8 Å². The Balaban J connectivity index is 1.39. The first kappa shape index (κ1) is 32.6. The zero-order valence-electron chi connectivity index (χ0n) is 28.2. The first-order valence-electron chi connectivity index (χ1n) is 17.5. The van der Waals surface area contributed by atoms with Crippen molar-refractivity contribution in [1.29, 1.82) is 0 Å². The Labute approximate surface area is 253 Å². The van der Waals surface area contributed by atoms with Crippen LogP contribution in [0.25, 0.3) is 0 Å². The molecule has 0 saturated heterocycles. The quantitative estimate of drug-likeness (QED) is 0.107. The molecule has 0 aromatic heterocycles. The number of rotatable bonds is 11. The predicted octanol–water partition coefficient (Wildman–Crippen LogP) is 9.80. The summed E-state index contributed by atoms with van der Waals surface area (Å²) >= 11 is 0. The lowest BCUT2D eigenvalue weighted by atomic mass is 9.47. The summed E-state index contributed by atoms with van der Waals surface area (Å²) in [6.45, 7) is 24.6. The van der Waals surface area contributed by atoms with E-state index < -0.39 is 6.16 Å². The summed E-state index contributed by atoms with van der Waals surface area (Å²) < 4.78 is 12.4. The Kier molecular flexibility index (Phi) is 10.5. The van der Waals surface area contributed by atoms with Crippen LogP contribution < -0.4 is 0 Å². The molecule has 0 amide bonds. The average molecular weight is 571 g/mol. The molecule has 3 fully saturated rings. The SMILES string of the molecule is CCC(/C=C/[C@@H](C)[C@H]1CC[C@H]2[C@@H]3CC=C4C[C@@H](OC(=O)OC[N+](CC)(CC)CC)CC[C@]4(C)[C@H]3CC[C@]12C)C(C)C. The molecule has 0 radical (unpaired) electrons. The first-order valence-corrected chi connectivity index (χ1v) is 17.5. The molecule has 4 aliphatic carbocycles. The van der Waals surface area contributed by atoms with Crippen molar-refractivity contribution in [3.05, 3.63) is 23.8 Å². The number of fused-ring (bicyclic) bond motifs is 5. The maximum absolute atomic E-state index is 12.7. The maximum atomic E-state index is 12.7. The number of carbonyl (C=O) groups excluding carboxylic acids is 1. The minimum Gasteiger partial charge on any atom is -0.431 e. The van der Waals surface area contributed by atoms with Gasteiger partial charge in [0.15, 0.2) is 0 Å². The molecule has 0 aliphatic heterocycles. The lowest BCUT2D eigenvalue weighted by molar-refractivity contribution is -0.939. The molecule has 41 heavy (non-hydrogen) atoms. The molecular weight excluding hydrogens is 506 g/mol. The minimum absolute atomic E-state index is 0.0414. The Morgan fingerprint density at radius 1 is 0.976 bits per heavy atom. The fourth-order valence-electron chi connectivity index (χ4n) is 10.2. The number of hydrogen-bond acceptors (Lipinski definition) is 3. The van der Waals surface area contributed by atoms with Gasteiger partial charge in [0, 0.05) is 6.42 Å². The van der Waals surface area contributed by atoms with Crippen molar-refractivity contribution in [2.45, 2.75) is 126 Å². The predicted molar refractivity (Wildman–Crippen MR) is 170 cm³/mol. The molecule has 3 saturated carbocycles. The third-order valence-electron chi connectivity index (χ3n) is 13.5. The Morgan fingerprint density at radius 3 is 2.32 bits per heavy atom. The molecule has 0 aromatic rings. The van der Waals surface area contributed by atoms with E-state index in [1.807, 2.05) is 0 Å². The summed E-state index contributed by atoms with van der Waals surface area (Å²) in [5.41, 5.74) is 2.30. The van der Waals surface area contributed by atoms with Crippen molar-refractivity contribution in [2.24, 2.45) is 52.3 Å². The number of ether oxygens (including phenoxy) is 2. The number of carbonyl (C=O) groups is 1. The van der Waals surface area contributed by atoms with Gasteiger partial charge in [0.1, 0.15) is 6.10 Å². The van der Waals surface area contributed by atoms with E-state index in [-0.39, 0.29) is 11.5 Å². The van der Waals surface area contributed by atoms with Gasteiger partial charge in [0.25, 0.3) is 0 Å². The van der Waals surface area contributed by atoms with Crippen LogP contribution in [-0.4, -0.2) is 43.1 Å². The van der Waals surface area contributed by atoms with E-state index >= 15 is 0 Å². The van der Waals surface area contributed by atoms with Gasteiger partial charge in [0.05, 0.1) is 19.6 Å². The highest BCUT2D eigenvalue weighted by Crippen LogP contribution is 2.67. The van der Waals surface area contributed by atoms with Crippen LogP contribution in [0.5, 0.6) is 0 Å². The van der Waals surface area contributed by atoms with Crippen molar-refractivity contribution in [2.75, 3.05) is 26.4 Å². The van der Waals surface area contributed by atoms with Gasteiger partial charge in [0.2, 0.25) is 6.73 Å². The van der Waals surface area contributed by atoms with Crippen molar-refractivity contribution in [3.8, 4) is 0 Å². The maximum Gasteiger partial charge on any atom is 0.512 e. The third-order valence-corrected chi connectivity index (χ3v) is 13.5. The van der Waals surface area contributed by atoms with Gasteiger partial charge in [-0.05, 0) is 124 Å². The molecule has 0 bridgehead atoms. The van der Waals surface area contributed by atoms with Crippen LogP contribution in [0.3, 0.4) is 0 Å². The third kappa shape index (κ3) is 6.34. The van der Waals surface area contributed by atoms with Gasteiger partial charge in [-0.2, -0.15) is 0 Å². The fourth-order valence-corrected chi connectivity index (χ4v) is 10.2. The van der Waals surface area contributed by atoms with Crippen LogP contribution in [0, 0.1) is 52.3 Å². The van der Waals surface area contributed by atoms with Crippen LogP contribution >= 0.6 is 0 Å². The monoisotopic (exact) mass is 570 g/mol. The second-order valence-electron chi connectivity index (χ2n) is 15.3. The second-order valence-corrected chi connectivity index (χ2v) is 15.3. The largest absolute Gasteiger partial charge is 0.512 e. The van der Waals surface area contributed by atoms with Crippen LogP contribution in [0.15, 0.2) is 23.8 Å². The molecule has 4 rings (SSSR count). The average Bonchev–Trinajstić information content (AvgIpc) is 3.31. The molecule has 0 spiro atoms. The Bertz CT molecular complexity index is 942. The van der Waals surface area contributed by atoms with Gasteiger partial charge in [-0.25, -0.2) is 4.79 Å². The highest BCUT2D eigenvalue weighted by molar-refractivity contribution is 5.60. The molecule has 4 nitrogen and oxygen atoms in total. The van der Waals surface area contributed by atoms with Crippen LogP contribution in [0.4, 0.5) is 4.79 Å². The molecule has 4 heteroatoms. The molecule has 1 unspecified atom stereocenters. The van der Waals surface area contributed by atoms with Gasteiger partial charge in [-0.1, -0.05) is 65.3 Å². The van der Waals surface area contributed by atoms with Gasteiger partial charge in [-0.15, -0.1) is 0 Å². The standard InChI is InChI=1S/C37H64NO3/c1-10-28(26(5)6)15-14-27(7)32-18-19-33-31-17-16-29-24-30(41-35(39)40-25-38(11-2,12-3)13-4)20-22-36(29,8)34(31)21-23-37(32,33)9/h14-16,26-28,30-34H,10-13,17-25H2,1-9H3/q+1/b15-14+/t27-,28?,30+,31+,32-,33+,34+,36+,37-/m1/s1. The number of allylic oxidation sites excluding steroid dienone is 3. The molecule has 234 valence electrons. The zero-order chi connectivity index (χ0) is 30.0. The van der Waals surface area contributed by atoms with Crippen LogP contribution in [0.1, 0.15) is 120 Å². The number of quaternary nitrogens is 1. The van der Waals surface area contributed by atoms with Crippen molar-refractivity contribution in [1.82, 2.24) is 0 Å². The summed E-state index contributed by atoms with van der Waals surface area (Å²) in [4.78, 5) is 12.7. The molecule has 4 aliphatic rings. The molecule has 9 atom stereocenters. The fraction of sp³-hybridized carbons (Fsp3) is 0.865. The van der Waals surface area contributed by atoms with Crippen LogP contribution in [0.2, 0.25) is 0 Å². The number of nitrogens with zero attached hydrogens (tertiary/aromatic N) is 1. The number of hydrogen-bond donors (Lipinski definition) is 0. The van der Waals surface area contributed by atoms with E-state index in [4.69, 9.17) is 9.47 Å². The van der Waals surface area contributed by atoms with E-state index in [2.05, 4.69) is 80.5 Å². The van der Waals surface area contributed by atoms with Crippen molar-refractivity contribution in [3.63, 3.8) is 0 Å². The van der Waals surface area contributed by atoms with Crippen LogP contribution in [-0.2, 0) is 9.47 Å². The molecule has 0 aromatic carbocycles. The van der Waals surface area contributed by atoms with E-state index in [1.54, 1.807) is 5.57 Å². The van der Waals surface area contributed by atoms with Gasteiger partial charge < -0.3 is 9.47 Å². The Morgan fingerprint density at radius 2 is 1.68 bits per heavy atom. The lowest BCUT2D eigenvalue weighted by Crippen LogP contribution is -2.51. The molecular formula is C37H64NO3+. The molecule has 0 N–H and O–H groups in total. The van der Waals surface area contributed by atoms with E-state index in [1.165, 1.54) is 38.5 Å². The summed E-state index contributed by atoms with van der Waals surface area (Å²) in [6.07, 6.45) is 18.2. The topological polar surface area (TPSA) is 35.5 Å². The van der Waals surface area contributed by atoms with Gasteiger partial charge >= 0.3 is 6.16 Å². The first-order chi connectivity index (χ1) is 19.5. The van der Waals surface area contributed by atoms with Gasteiger partial charge in [-0.3, -0.25) is 4.48 Å². The highest BCUT2D eigenvalue weighted by atomic mass is 16.7. The summed E-state index contributed by atoms with van der Waals surface area (Å²) in [7, 11) is 0. The zero-order valence-corrected chi connectivity index (χ0v) is 28.2. The minimum atomic E-state index is -0.474. The van der Waals surface area contributed by atoms with E-state index in [0.717, 1.165) is 73.0 Å². The second kappa shape index (κ2) is 13.1. The smallest absolute Gasteiger partial charge is 0.431 e. The van der Waals surface area contributed by atoms with Crippen molar-refractivity contribution >= 4 is 6.16 Å². The molecule has 0 heterocycles. The summed E-state index contributed by atoms with van der Waals surface area (Å²) in [6, 6.07) is 0. The highest BCUT2D eigenvalue weighted by Gasteiger charge is 2.59. The summed E-state index contributed by atoms with van der Waals surface area (Å²) in [5.74, 6) is 5.35. The van der Waals surface area contributed by atoms with E-state index in [0.29, 0.717) is 24.0 Å². The lowest BCUT2D eigenvalue weighted by Gasteiger charge is -2.58. The Hall–Kier alpha value is -1.29. The van der Waals surface area contributed by atoms with E-state index in [9.17, 15) is 4.79 Å².